The van der Waals surface area contributed by atoms with Gasteiger partial charge in [-0.05, 0) is 31.5 Å². The summed E-state index contributed by atoms with van der Waals surface area (Å²) in [4.78, 5) is 0.238. The summed E-state index contributed by atoms with van der Waals surface area (Å²) in [5.74, 6) is 0. The highest BCUT2D eigenvalue weighted by molar-refractivity contribution is 7.89. The first kappa shape index (κ1) is 17.8. The third-order valence-electron chi connectivity index (χ3n) is 3.31. The van der Waals surface area contributed by atoms with Gasteiger partial charge in [0, 0.05) is 12.6 Å². The fourth-order valence-electron chi connectivity index (χ4n) is 2.14. The molecule has 0 aliphatic rings. The molecule has 0 saturated heterocycles. The van der Waals surface area contributed by atoms with Crippen molar-refractivity contribution in [1.29, 1.82) is 0 Å². The Labute approximate surface area is 128 Å². The summed E-state index contributed by atoms with van der Waals surface area (Å²) in [6.07, 6.45) is 4.58. The molecule has 1 unspecified atom stereocenters. The fraction of sp³-hybridized carbons (Fsp3) is 0.600. The number of unbranched alkanes of at least 4 members (excludes halogenated alkanes) is 2. The number of benzene rings is 1. The van der Waals surface area contributed by atoms with Gasteiger partial charge in [0.15, 0.2) is 0 Å². The van der Waals surface area contributed by atoms with E-state index < -0.39 is 10.0 Å². The molecule has 1 aromatic carbocycles. The highest BCUT2D eigenvalue weighted by atomic mass is 32.2. The van der Waals surface area contributed by atoms with Crippen LogP contribution in [0.4, 0.5) is 11.4 Å². The summed E-state index contributed by atoms with van der Waals surface area (Å²) in [6, 6.07) is 5.02. The number of sulfonamides is 1. The van der Waals surface area contributed by atoms with Crippen molar-refractivity contribution in [2.24, 2.45) is 0 Å². The molecular formula is C15H27N3O2S. The van der Waals surface area contributed by atoms with Gasteiger partial charge in [-0.25, -0.2) is 13.1 Å². The van der Waals surface area contributed by atoms with E-state index in [1.807, 2.05) is 0 Å². The predicted octanol–water partition coefficient (Wildman–Crippen LogP) is 2.95. The van der Waals surface area contributed by atoms with Gasteiger partial charge in [0.1, 0.15) is 0 Å². The Balaban J connectivity index is 2.83. The van der Waals surface area contributed by atoms with E-state index in [2.05, 4.69) is 23.9 Å². The molecule has 6 heteroatoms. The minimum absolute atomic E-state index is 0.238. The van der Waals surface area contributed by atoms with Crippen LogP contribution in [-0.2, 0) is 10.0 Å². The van der Waals surface area contributed by atoms with E-state index in [9.17, 15) is 8.42 Å². The van der Waals surface area contributed by atoms with Crippen LogP contribution in [0.2, 0.25) is 0 Å². The molecule has 4 N–H and O–H groups in total. The molecule has 0 amide bonds. The number of rotatable bonds is 9. The smallest absolute Gasteiger partial charge is 0.240 e. The summed E-state index contributed by atoms with van der Waals surface area (Å²) in [5, 5.41) is 3.31. The third-order valence-corrected chi connectivity index (χ3v) is 4.86. The van der Waals surface area contributed by atoms with Crippen LogP contribution in [0.25, 0.3) is 0 Å². The molecule has 0 bridgehead atoms. The van der Waals surface area contributed by atoms with Crippen LogP contribution < -0.4 is 15.8 Å². The molecule has 1 aromatic rings. The van der Waals surface area contributed by atoms with Crippen LogP contribution in [0.3, 0.4) is 0 Å². The molecule has 0 aliphatic carbocycles. The molecule has 120 valence electrons. The lowest BCUT2D eigenvalue weighted by molar-refractivity contribution is 0.584. The summed E-state index contributed by atoms with van der Waals surface area (Å²) in [5.41, 5.74) is 7.17. The van der Waals surface area contributed by atoms with Gasteiger partial charge < -0.3 is 11.1 Å². The van der Waals surface area contributed by atoms with Gasteiger partial charge in [0.05, 0.1) is 16.3 Å². The molecule has 5 nitrogen and oxygen atoms in total. The first-order valence-electron chi connectivity index (χ1n) is 7.56. The lowest BCUT2D eigenvalue weighted by atomic mass is 10.1. The lowest BCUT2D eigenvalue weighted by Gasteiger charge is -2.17. The Bertz CT molecular complexity index is 544. The van der Waals surface area contributed by atoms with Gasteiger partial charge in [-0.3, -0.25) is 0 Å². The molecule has 0 saturated carbocycles. The molecular weight excluding hydrogens is 286 g/mol. The van der Waals surface area contributed by atoms with Gasteiger partial charge in [-0.1, -0.05) is 33.1 Å². The number of anilines is 2. The molecule has 0 aliphatic heterocycles. The Hall–Kier alpha value is -1.27. The summed E-state index contributed by atoms with van der Waals surface area (Å²) < 4.78 is 26.5. The predicted molar refractivity (Wildman–Crippen MR) is 88.9 cm³/mol. The molecule has 0 aromatic heterocycles. The molecule has 1 atom stereocenters. The van der Waals surface area contributed by atoms with E-state index >= 15 is 0 Å². The average Bonchev–Trinajstić information content (AvgIpc) is 2.41. The highest BCUT2D eigenvalue weighted by Gasteiger charge is 2.15. The number of hydrogen-bond acceptors (Lipinski definition) is 4. The van der Waals surface area contributed by atoms with Gasteiger partial charge in [0.25, 0.3) is 0 Å². The normalized spacial score (nSPS) is 13.1. The lowest BCUT2D eigenvalue weighted by Crippen LogP contribution is -2.23. The number of nitrogen functional groups attached to an aromatic ring is 1. The monoisotopic (exact) mass is 313 g/mol. The van der Waals surface area contributed by atoms with Gasteiger partial charge >= 0.3 is 0 Å². The van der Waals surface area contributed by atoms with Crippen molar-refractivity contribution in [3.63, 3.8) is 0 Å². The van der Waals surface area contributed by atoms with E-state index in [1.165, 1.54) is 18.9 Å². The van der Waals surface area contributed by atoms with Crippen LogP contribution in [0, 0.1) is 0 Å². The maximum absolute atomic E-state index is 12.0. The van der Waals surface area contributed by atoms with Crippen LogP contribution in [-0.4, -0.2) is 21.0 Å². The second-order valence-corrected chi connectivity index (χ2v) is 7.06. The topological polar surface area (TPSA) is 84.2 Å². The molecule has 1 rings (SSSR count). The summed E-state index contributed by atoms with van der Waals surface area (Å²) >= 11 is 0. The second-order valence-electron chi connectivity index (χ2n) is 5.29. The largest absolute Gasteiger partial charge is 0.397 e. The summed E-state index contributed by atoms with van der Waals surface area (Å²) in [6.45, 7) is 6.37. The third kappa shape index (κ3) is 5.55. The Morgan fingerprint density at radius 2 is 1.95 bits per heavy atom. The molecule has 0 heterocycles. The van der Waals surface area contributed by atoms with Crippen molar-refractivity contribution in [1.82, 2.24) is 4.72 Å². The zero-order valence-electron chi connectivity index (χ0n) is 13.1. The Morgan fingerprint density at radius 3 is 2.57 bits per heavy atom. The van der Waals surface area contributed by atoms with Gasteiger partial charge in [-0.2, -0.15) is 0 Å². The fourth-order valence-corrected chi connectivity index (χ4v) is 3.21. The Kier molecular flexibility index (Phi) is 6.98. The van der Waals surface area contributed by atoms with Crippen LogP contribution in [0.1, 0.15) is 46.5 Å². The average molecular weight is 313 g/mol. The highest BCUT2D eigenvalue weighted by Crippen LogP contribution is 2.24. The van der Waals surface area contributed by atoms with Crippen LogP contribution in [0.15, 0.2) is 23.1 Å². The first-order chi connectivity index (χ1) is 9.90. The quantitative estimate of drug-likeness (QED) is 0.483. The van der Waals surface area contributed by atoms with Gasteiger partial charge in [0.2, 0.25) is 10.0 Å². The maximum atomic E-state index is 12.0. The van der Waals surface area contributed by atoms with E-state index in [1.54, 1.807) is 19.1 Å². The van der Waals surface area contributed by atoms with Crippen molar-refractivity contribution >= 4 is 21.4 Å². The minimum atomic E-state index is -3.45. The second kappa shape index (κ2) is 8.24. The van der Waals surface area contributed by atoms with E-state index in [4.69, 9.17) is 5.73 Å². The Morgan fingerprint density at radius 1 is 1.24 bits per heavy atom. The molecule has 0 spiro atoms. The van der Waals surface area contributed by atoms with Crippen LogP contribution >= 0.6 is 0 Å². The minimum Gasteiger partial charge on any atom is -0.397 e. The molecule has 0 radical (unpaired) electrons. The van der Waals surface area contributed by atoms with E-state index in [-0.39, 0.29) is 10.9 Å². The van der Waals surface area contributed by atoms with Crippen LogP contribution in [0.5, 0.6) is 0 Å². The maximum Gasteiger partial charge on any atom is 0.240 e. The van der Waals surface area contributed by atoms with E-state index in [0.29, 0.717) is 17.9 Å². The zero-order valence-corrected chi connectivity index (χ0v) is 14.0. The van der Waals surface area contributed by atoms with E-state index in [0.717, 1.165) is 12.8 Å². The zero-order chi connectivity index (χ0) is 15.9. The standard InChI is InChI=1S/C15H27N3O2S/c1-4-6-7-8-12(3)18-15-11-13(9-10-14(15)16)21(19,20)17-5-2/h9-12,17-18H,4-8,16H2,1-3H3. The van der Waals surface area contributed by atoms with Crippen molar-refractivity contribution in [2.75, 3.05) is 17.6 Å². The first-order valence-corrected chi connectivity index (χ1v) is 9.04. The van der Waals surface area contributed by atoms with Crippen molar-refractivity contribution in [3.8, 4) is 0 Å². The molecule has 0 fully saturated rings. The number of hydrogen-bond donors (Lipinski definition) is 3. The summed E-state index contributed by atoms with van der Waals surface area (Å²) in [7, 11) is -3.45. The van der Waals surface area contributed by atoms with Crippen molar-refractivity contribution in [2.45, 2.75) is 57.4 Å². The number of nitrogens with two attached hydrogens (primary N) is 1. The SMILES string of the molecule is CCCCCC(C)Nc1cc(S(=O)(=O)NCC)ccc1N. The number of nitrogens with one attached hydrogen (secondary N) is 2. The van der Waals surface area contributed by atoms with Crippen molar-refractivity contribution < 1.29 is 8.42 Å². The molecule has 21 heavy (non-hydrogen) atoms. The van der Waals surface area contributed by atoms with Crippen molar-refractivity contribution in [3.05, 3.63) is 18.2 Å². The van der Waals surface area contributed by atoms with Gasteiger partial charge in [-0.15, -0.1) is 0 Å².